The second kappa shape index (κ2) is 11.0. The predicted molar refractivity (Wildman–Crippen MR) is 136 cm³/mol. The van der Waals surface area contributed by atoms with Crippen molar-refractivity contribution in [2.45, 2.75) is 57.8 Å². The predicted octanol–water partition coefficient (Wildman–Crippen LogP) is 7.24. The highest BCUT2D eigenvalue weighted by atomic mass is 28.4. The molecule has 0 bridgehead atoms. The average molecular weight is 568 g/mol. The van der Waals surface area contributed by atoms with Gasteiger partial charge >= 0.3 is 12.4 Å². The van der Waals surface area contributed by atoms with Gasteiger partial charge in [0, 0.05) is 5.56 Å². The minimum atomic E-state index is -5.00. The first-order valence-corrected chi connectivity index (χ1v) is 14.8. The van der Waals surface area contributed by atoms with Gasteiger partial charge in [-0.2, -0.15) is 26.3 Å². The fourth-order valence-electron chi connectivity index (χ4n) is 3.35. The van der Waals surface area contributed by atoms with Crippen molar-refractivity contribution in [1.82, 2.24) is 15.0 Å². The van der Waals surface area contributed by atoms with Gasteiger partial charge in [0.2, 0.25) is 0 Å². The molecule has 5 nitrogen and oxygen atoms in total. The molecule has 0 radical (unpaired) electrons. The van der Waals surface area contributed by atoms with E-state index in [1.807, 2.05) is 13.1 Å². The Balaban J connectivity index is 2.00. The van der Waals surface area contributed by atoms with E-state index in [0.717, 1.165) is 4.68 Å². The van der Waals surface area contributed by atoms with Crippen LogP contribution >= 0.6 is 0 Å². The summed E-state index contributed by atoms with van der Waals surface area (Å²) in [5.74, 6) is 4.44. The lowest BCUT2D eigenvalue weighted by Crippen LogP contribution is -2.40. The zero-order chi connectivity index (χ0) is 29.2. The smallest absolute Gasteiger partial charge is 0.406 e. The van der Waals surface area contributed by atoms with E-state index in [0.29, 0.717) is 17.7 Å². The van der Waals surface area contributed by atoms with Crippen LogP contribution in [-0.2, 0) is 23.3 Å². The van der Waals surface area contributed by atoms with Crippen LogP contribution in [0.15, 0.2) is 48.5 Å². The Bertz CT molecular complexity index is 1360. The van der Waals surface area contributed by atoms with Gasteiger partial charge in [0.05, 0.1) is 24.3 Å². The lowest BCUT2D eigenvalue weighted by atomic mass is 10.0. The van der Waals surface area contributed by atoms with Gasteiger partial charge in [0.1, 0.15) is 5.69 Å². The molecule has 0 aliphatic rings. The molecule has 0 aliphatic heterocycles. The first-order valence-electron chi connectivity index (χ1n) is 11.8. The summed E-state index contributed by atoms with van der Waals surface area (Å²) in [5.41, 5.74) is -2.83. The summed E-state index contributed by atoms with van der Waals surface area (Å²) in [6, 6.07) is 9.55. The van der Waals surface area contributed by atoms with Crippen LogP contribution in [0.1, 0.15) is 48.0 Å². The topological polar surface area (TPSA) is 57.0 Å². The number of aromatic nitrogens is 3. The average Bonchev–Trinajstić information content (AvgIpc) is 3.23. The molecule has 0 saturated carbocycles. The molecule has 1 heterocycles. The second-order valence-corrected chi connectivity index (χ2v) is 15.2. The van der Waals surface area contributed by atoms with E-state index in [2.05, 4.69) is 42.9 Å². The number of ketones is 1. The number of halogens is 6. The normalized spacial score (nSPS) is 12.7. The molecule has 12 heteroatoms. The highest BCUT2D eigenvalue weighted by Crippen LogP contribution is 2.37. The van der Waals surface area contributed by atoms with Crippen molar-refractivity contribution < 1.29 is 35.6 Å². The molecule has 1 aromatic heterocycles. The fraction of sp³-hybridized carbons (Fsp3) is 0.370. The lowest BCUT2D eigenvalue weighted by Gasteiger charge is -2.35. The van der Waals surface area contributed by atoms with Gasteiger partial charge < -0.3 is 4.43 Å². The Kier molecular flexibility index (Phi) is 8.48. The van der Waals surface area contributed by atoms with Crippen molar-refractivity contribution in [2.24, 2.45) is 0 Å². The molecule has 3 rings (SSSR count). The molecular weight excluding hydrogens is 540 g/mol. The zero-order valence-electron chi connectivity index (χ0n) is 22.0. The summed E-state index contributed by atoms with van der Waals surface area (Å²) in [4.78, 5) is 13.0. The standard InChI is InChI=1S/C27H27F6N3O2Si/c1-25(2,3)39(4,5)38-13-9-12-22(37)23-24(19-10-7-6-8-11-19)36(35-34-23)17-18-14-20(26(28,29)30)16-21(15-18)27(31,32)33/h6-8,10-11,14-16H,13,17H2,1-5H3. The molecule has 0 unspecified atom stereocenters. The van der Waals surface area contributed by atoms with Gasteiger partial charge in [-0.25, -0.2) is 4.68 Å². The molecular formula is C27H27F6N3O2Si. The van der Waals surface area contributed by atoms with Crippen LogP contribution in [0.4, 0.5) is 26.3 Å². The van der Waals surface area contributed by atoms with Crippen LogP contribution in [0.2, 0.25) is 18.1 Å². The highest BCUT2D eigenvalue weighted by molar-refractivity contribution is 6.74. The number of hydrogen-bond donors (Lipinski definition) is 0. The summed E-state index contributed by atoms with van der Waals surface area (Å²) in [5, 5.41) is 7.71. The monoisotopic (exact) mass is 567 g/mol. The minimum Gasteiger partial charge on any atom is -0.406 e. The molecule has 0 atom stereocenters. The maximum absolute atomic E-state index is 13.3. The number of Topliss-reactive ketones (excluding diaryl/α,β-unsaturated/α-hetero) is 1. The van der Waals surface area contributed by atoms with Crippen molar-refractivity contribution in [3.8, 4) is 23.1 Å². The van der Waals surface area contributed by atoms with E-state index >= 15 is 0 Å². The number of benzene rings is 2. The molecule has 0 spiro atoms. The van der Waals surface area contributed by atoms with Crippen molar-refractivity contribution in [3.63, 3.8) is 0 Å². The Morgan fingerprint density at radius 1 is 0.949 bits per heavy atom. The van der Waals surface area contributed by atoms with Crippen LogP contribution in [0.25, 0.3) is 11.3 Å². The first kappa shape index (κ1) is 30.1. The quantitative estimate of drug-likeness (QED) is 0.104. The summed E-state index contributed by atoms with van der Waals surface area (Å²) in [7, 11) is -2.10. The largest absolute Gasteiger partial charge is 0.416 e. The second-order valence-electron chi connectivity index (χ2n) is 10.4. The maximum atomic E-state index is 13.3. The van der Waals surface area contributed by atoms with Crippen molar-refractivity contribution in [3.05, 3.63) is 70.9 Å². The van der Waals surface area contributed by atoms with Gasteiger partial charge in [0.25, 0.3) is 5.78 Å². The Hall–Kier alpha value is -3.43. The number of alkyl halides is 6. The highest BCUT2D eigenvalue weighted by Gasteiger charge is 2.38. The fourth-order valence-corrected chi connectivity index (χ4v) is 4.22. The third-order valence-electron chi connectivity index (χ3n) is 6.49. The van der Waals surface area contributed by atoms with Gasteiger partial charge in [-0.15, -0.1) is 5.10 Å². The van der Waals surface area contributed by atoms with Gasteiger partial charge in [-0.3, -0.25) is 4.79 Å². The third-order valence-corrected chi connectivity index (χ3v) is 11.0. The van der Waals surface area contributed by atoms with Crippen LogP contribution in [0.3, 0.4) is 0 Å². The van der Waals surface area contributed by atoms with E-state index in [-0.39, 0.29) is 34.7 Å². The summed E-state index contributed by atoms with van der Waals surface area (Å²) in [6.45, 7) is 9.76. The van der Waals surface area contributed by atoms with E-state index in [4.69, 9.17) is 4.43 Å². The molecule has 39 heavy (non-hydrogen) atoms. The van der Waals surface area contributed by atoms with Gasteiger partial charge in [-0.05, 0) is 47.8 Å². The molecule has 0 aliphatic carbocycles. The summed E-state index contributed by atoms with van der Waals surface area (Å²) < 4.78 is 87.1. The van der Waals surface area contributed by atoms with Crippen LogP contribution in [0, 0.1) is 11.8 Å². The minimum absolute atomic E-state index is 0.0154. The molecule has 208 valence electrons. The Labute approximate surface area is 223 Å². The SMILES string of the molecule is CC(C)(C)[Si](C)(C)OCC#CC(=O)c1nnn(Cc2cc(C(F)(F)F)cc(C(F)(F)F)c2)c1-c1ccccc1. The number of hydrogen-bond acceptors (Lipinski definition) is 4. The maximum Gasteiger partial charge on any atom is 0.416 e. The molecule has 0 N–H and O–H groups in total. The molecule has 3 aromatic rings. The third kappa shape index (κ3) is 7.36. The van der Waals surface area contributed by atoms with Crippen LogP contribution in [-0.4, -0.2) is 35.7 Å². The van der Waals surface area contributed by atoms with E-state index in [1.165, 1.54) is 0 Å². The van der Waals surface area contributed by atoms with Crippen LogP contribution < -0.4 is 0 Å². The lowest BCUT2D eigenvalue weighted by molar-refractivity contribution is -0.143. The Morgan fingerprint density at radius 3 is 2.03 bits per heavy atom. The first-order chi connectivity index (χ1) is 17.9. The van der Waals surface area contributed by atoms with E-state index in [9.17, 15) is 31.1 Å². The van der Waals surface area contributed by atoms with Gasteiger partial charge in [0.15, 0.2) is 14.0 Å². The number of rotatable bonds is 6. The number of carbonyl (C=O) groups is 1. The van der Waals surface area contributed by atoms with Crippen molar-refractivity contribution in [2.75, 3.05) is 6.61 Å². The van der Waals surface area contributed by atoms with Crippen molar-refractivity contribution >= 4 is 14.1 Å². The van der Waals surface area contributed by atoms with E-state index < -0.39 is 44.1 Å². The summed E-state index contributed by atoms with van der Waals surface area (Å²) >= 11 is 0. The molecule has 0 fully saturated rings. The Morgan fingerprint density at radius 2 is 1.51 bits per heavy atom. The molecule has 2 aromatic carbocycles. The van der Waals surface area contributed by atoms with Crippen LogP contribution in [0.5, 0.6) is 0 Å². The van der Waals surface area contributed by atoms with E-state index in [1.54, 1.807) is 30.3 Å². The zero-order valence-corrected chi connectivity index (χ0v) is 23.0. The summed E-state index contributed by atoms with van der Waals surface area (Å²) in [6.07, 6.45) is -9.99. The van der Waals surface area contributed by atoms with Crippen molar-refractivity contribution in [1.29, 1.82) is 0 Å². The van der Waals surface area contributed by atoms with Gasteiger partial charge in [-0.1, -0.05) is 62.2 Å². The molecule has 0 saturated heterocycles. The number of carbonyl (C=O) groups excluding carboxylic acids is 1. The molecule has 0 amide bonds. The number of nitrogens with zero attached hydrogens (tertiary/aromatic N) is 3.